The fourth-order valence-corrected chi connectivity index (χ4v) is 0.829. The standard InChI is InChI=1S/C9H11NO/c1-7(11)8-3-5-9(10-2)6-4-8/h3-6,10-11H,1H2,2H3. The third-order valence-electron chi connectivity index (χ3n) is 1.51. The van der Waals surface area contributed by atoms with Crippen LogP contribution in [-0.2, 0) is 0 Å². The first-order valence-corrected chi connectivity index (χ1v) is 3.40. The second-order valence-corrected chi connectivity index (χ2v) is 2.27. The topological polar surface area (TPSA) is 32.3 Å². The second-order valence-electron chi connectivity index (χ2n) is 2.27. The van der Waals surface area contributed by atoms with E-state index in [-0.39, 0.29) is 5.76 Å². The number of rotatable bonds is 2. The Labute approximate surface area is 66.2 Å². The molecule has 11 heavy (non-hydrogen) atoms. The van der Waals surface area contributed by atoms with Gasteiger partial charge in [0.25, 0.3) is 0 Å². The van der Waals surface area contributed by atoms with E-state index < -0.39 is 0 Å². The van der Waals surface area contributed by atoms with E-state index in [1.54, 1.807) is 0 Å². The normalized spacial score (nSPS) is 9.18. The van der Waals surface area contributed by atoms with E-state index in [2.05, 4.69) is 11.9 Å². The molecule has 0 spiro atoms. The zero-order valence-corrected chi connectivity index (χ0v) is 6.46. The highest BCUT2D eigenvalue weighted by atomic mass is 16.3. The Morgan fingerprint density at radius 3 is 2.27 bits per heavy atom. The summed E-state index contributed by atoms with van der Waals surface area (Å²) in [5.74, 6) is 0.104. The molecule has 2 nitrogen and oxygen atoms in total. The molecule has 0 aliphatic rings. The minimum absolute atomic E-state index is 0.104. The lowest BCUT2D eigenvalue weighted by Gasteiger charge is -2.00. The van der Waals surface area contributed by atoms with Crippen molar-refractivity contribution in [3.8, 4) is 0 Å². The number of anilines is 1. The molecule has 0 aliphatic heterocycles. The van der Waals surface area contributed by atoms with Gasteiger partial charge in [-0.1, -0.05) is 6.58 Å². The molecule has 0 saturated carbocycles. The van der Waals surface area contributed by atoms with Crippen LogP contribution in [0.15, 0.2) is 30.8 Å². The fourth-order valence-electron chi connectivity index (χ4n) is 0.829. The fraction of sp³-hybridized carbons (Fsp3) is 0.111. The van der Waals surface area contributed by atoms with E-state index in [1.807, 2.05) is 31.3 Å². The molecule has 0 unspecified atom stereocenters. The van der Waals surface area contributed by atoms with Gasteiger partial charge in [-0.3, -0.25) is 0 Å². The molecule has 0 aliphatic carbocycles. The van der Waals surface area contributed by atoms with Crippen molar-refractivity contribution < 1.29 is 5.11 Å². The first-order chi connectivity index (χ1) is 5.24. The van der Waals surface area contributed by atoms with Crippen molar-refractivity contribution in [3.63, 3.8) is 0 Å². The molecule has 2 N–H and O–H groups in total. The van der Waals surface area contributed by atoms with E-state index >= 15 is 0 Å². The van der Waals surface area contributed by atoms with Gasteiger partial charge in [0, 0.05) is 18.3 Å². The maximum Gasteiger partial charge on any atom is 0.115 e. The smallest absolute Gasteiger partial charge is 0.115 e. The third kappa shape index (κ3) is 1.74. The molecule has 0 radical (unpaired) electrons. The Morgan fingerprint density at radius 1 is 1.36 bits per heavy atom. The lowest BCUT2D eigenvalue weighted by molar-refractivity contribution is 0.514. The van der Waals surface area contributed by atoms with Gasteiger partial charge in [0.1, 0.15) is 5.76 Å². The van der Waals surface area contributed by atoms with Crippen LogP contribution < -0.4 is 5.32 Å². The Balaban J connectivity index is 2.91. The molecule has 1 aromatic carbocycles. The van der Waals surface area contributed by atoms with E-state index in [4.69, 9.17) is 5.11 Å². The Kier molecular flexibility index (Phi) is 2.16. The second kappa shape index (κ2) is 3.10. The van der Waals surface area contributed by atoms with Gasteiger partial charge in [-0.05, 0) is 24.3 Å². The minimum atomic E-state index is 0.104. The average Bonchev–Trinajstić information content (AvgIpc) is 2.05. The van der Waals surface area contributed by atoms with Crippen LogP contribution in [0, 0.1) is 0 Å². The molecule has 0 heterocycles. The van der Waals surface area contributed by atoms with Gasteiger partial charge in [0.05, 0.1) is 0 Å². The number of nitrogens with one attached hydrogen (secondary N) is 1. The van der Waals surface area contributed by atoms with Crippen LogP contribution in [0.2, 0.25) is 0 Å². The molecule has 1 rings (SSSR count). The zero-order valence-electron chi connectivity index (χ0n) is 6.46. The first-order valence-electron chi connectivity index (χ1n) is 3.40. The Morgan fingerprint density at radius 2 is 1.91 bits per heavy atom. The molecule has 2 heteroatoms. The highest BCUT2D eigenvalue weighted by molar-refractivity contribution is 5.59. The van der Waals surface area contributed by atoms with Gasteiger partial charge in [-0.25, -0.2) is 0 Å². The molecule has 0 fully saturated rings. The van der Waals surface area contributed by atoms with Crippen LogP contribution >= 0.6 is 0 Å². The molecular weight excluding hydrogens is 138 g/mol. The highest BCUT2D eigenvalue weighted by Crippen LogP contribution is 2.12. The summed E-state index contributed by atoms with van der Waals surface area (Å²) in [6.45, 7) is 3.42. The van der Waals surface area contributed by atoms with Crippen molar-refractivity contribution in [3.05, 3.63) is 36.4 Å². The molecule has 0 saturated heterocycles. The van der Waals surface area contributed by atoms with Crippen LogP contribution in [0.5, 0.6) is 0 Å². The van der Waals surface area contributed by atoms with Crippen molar-refractivity contribution in [1.82, 2.24) is 0 Å². The molecule has 0 aromatic heterocycles. The molecular formula is C9H11NO. The quantitative estimate of drug-likeness (QED) is 0.632. The van der Waals surface area contributed by atoms with E-state index in [0.29, 0.717) is 0 Å². The molecule has 0 amide bonds. The van der Waals surface area contributed by atoms with E-state index in [9.17, 15) is 0 Å². The summed E-state index contributed by atoms with van der Waals surface area (Å²) >= 11 is 0. The summed E-state index contributed by atoms with van der Waals surface area (Å²) in [4.78, 5) is 0. The van der Waals surface area contributed by atoms with Gasteiger partial charge >= 0.3 is 0 Å². The van der Waals surface area contributed by atoms with Gasteiger partial charge in [-0.15, -0.1) is 0 Å². The summed E-state index contributed by atoms with van der Waals surface area (Å²) in [5.41, 5.74) is 1.78. The number of benzene rings is 1. The minimum Gasteiger partial charge on any atom is -0.508 e. The van der Waals surface area contributed by atoms with Gasteiger partial charge < -0.3 is 10.4 Å². The average molecular weight is 149 g/mol. The summed E-state index contributed by atoms with van der Waals surface area (Å²) in [6.07, 6.45) is 0. The van der Waals surface area contributed by atoms with Crippen molar-refractivity contribution in [2.45, 2.75) is 0 Å². The highest BCUT2D eigenvalue weighted by Gasteiger charge is 1.93. The van der Waals surface area contributed by atoms with E-state index in [0.717, 1.165) is 11.3 Å². The SMILES string of the molecule is C=C(O)c1ccc(NC)cc1. The third-order valence-corrected chi connectivity index (χ3v) is 1.51. The lowest BCUT2D eigenvalue weighted by atomic mass is 10.2. The monoisotopic (exact) mass is 149 g/mol. The van der Waals surface area contributed by atoms with Crippen molar-refractivity contribution >= 4 is 11.4 Å². The predicted molar refractivity (Wildman–Crippen MR) is 47.7 cm³/mol. The largest absolute Gasteiger partial charge is 0.508 e. The zero-order chi connectivity index (χ0) is 8.27. The molecule has 1 aromatic rings. The molecule has 0 atom stereocenters. The summed E-state index contributed by atoms with van der Waals surface area (Å²) in [6, 6.07) is 7.40. The number of aliphatic hydroxyl groups is 1. The molecule has 58 valence electrons. The van der Waals surface area contributed by atoms with Crippen molar-refractivity contribution in [2.24, 2.45) is 0 Å². The van der Waals surface area contributed by atoms with Crippen LogP contribution in [0.3, 0.4) is 0 Å². The molecule has 0 bridgehead atoms. The van der Waals surface area contributed by atoms with E-state index in [1.165, 1.54) is 0 Å². The predicted octanol–water partition coefficient (Wildman–Crippen LogP) is 2.26. The lowest BCUT2D eigenvalue weighted by Crippen LogP contribution is -1.87. The number of hydrogen-bond acceptors (Lipinski definition) is 2. The van der Waals surface area contributed by atoms with Crippen molar-refractivity contribution in [1.29, 1.82) is 0 Å². The van der Waals surface area contributed by atoms with Gasteiger partial charge in [0.15, 0.2) is 0 Å². The maximum atomic E-state index is 8.97. The Hall–Kier alpha value is -1.44. The maximum absolute atomic E-state index is 8.97. The van der Waals surface area contributed by atoms with Crippen LogP contribution in [0.25, 0.3) is 5.76 Å². The van der Waals surface area contributed by atoms with Crippen LogP contribution in [0.4, 0.5) is 5.69 Å². The van der Waals surface area contributed by atoms with Gasteiger partial charge in [-0.2, -0.15) is 0 Å². The summed E-state index contributed by atoms with van der Waals surface area (Å²) in [5, 5.41) is 12.0. The number of aliphatic hydroxyl groups excluding tert-OH is 1. The van der Waals surface area contributed by atoms with Gasteiger partial charge in [0.2, 0.25) is 0 Å². The summed E-state index contributed by atoms with van der Waals surface area (Å²) < 4.78 is 0. The Bertz CT molecular complexity index is 251. The van der Waals surface area contributed by atoms with Crippen molar-refractivity contribution in [2.75, 3.05) is 12.4 Å². The van der Waals surface area contributed by atoms with Crippen LogP contribution in [0.1, 0.15) is 5.56 Å². The van der Waals surface area contributed by atoms with Crippen LogP contribution in [-0.4, -0.2) is 12.2 Å². The summed E-state index contributed by atoms with van der Waals surface area (Å²) in [7, 11) is 1.85. The first kappa shape index (κ1) is 7.66. The number of hydrogen-bond donors (Lipinski definition) is 2.